The van der Waals surface area contributed by atoms with Crippen LogP contribution < -0.4 is 5.32 Å². The van der Waals surface area contributed by atoms with Gasteiger partial charge in [-0.15, -0.1) is 0 Å². The molecule has 1 heteroatoms. The molecule has 0 spiro atoms. The summed E-state index contributed by atoms with van der Waals surface area (Å²) < 4.78 is 0. The molecule has 0 heterocycles. The SMILES string of the molecule is CCCNC(C1CCCCC1)C1CCC(C)(C)CC1. The molecule has 1 atom stereocenters. The maximum atomic E-state index is 3.94. The first-order valence-corrected chi connectivity index (χ1v) is 8.86. The molecule has 1 unspecified atom stereocenters. The summed E-state index contributed by atoms with van der Waals surface area (Å²) in [6.07, 6.45) is 14.5. The van der Waals surface area contributed by atoms with Gasteiger partial charge >= 0.3 is 0 Å². The van der Waals surface area contributed by atoms with Gasteiger partial charge in [-0.1, -0.05) is 40.0 Å². The molecular formula is C18H35N. The van der Waals surface area contributed by atoms with Gasteiger partial charge in [-0.25, -0.2) is 0 Å². The number of hydrogen-bond acceptors (Lipinski definition) is 1. The number of nitrogens with one attached hydrogen (secondary N) is 1. The van der Waals surface area contributed by atoms with E-state index >= 15 is 0 Å². The van der Waals surface area contributed by atoms with Gasteiger partial charge in [-0.3, -0.25) is 0 Å². The van der Waals surface area contributed by atoms with E-state index in [-0.39, 0.29) is 0 Å². The molecule has 0 aromatic heterocycles. The summed E-state index contributed by atoms with van der Waals surface area (Å²) in [6.45, 7) is 8.44. The van der Waals surface area contributed by atoms with E-state index in [1.165, 1.54) is 70.8 Å². The molecule has 2 saturated carbocycles. The second-order valence-electron chi connectivity index (χ2n) is 7.88. The van der Waals surface area contributed by atoms with Crippen LogP contribution in [0, 0.1) is 17.3 Å². The fourth-order valence-corrected chi connectivity index (χ4v) is 4.30. The van der Waals surface area contributed by atoms with Gasteiger partial charge in [0.25, 0.3) is 0 Å². The van der Waals surface area contributed by atoms with Gasteiger partial charge < -0.3 is 5.32 Å². The molecule has 2 rings (SSSR count). The van der Waals surface area contributed by atoms with E-state index < -0.39 is 0 Å². The molecule has 2 aliphatic rings. The summed E-state index contributed by atoms with van der Waals surface area (Å²) in [5, 5.41) is 3.94. The third-order valence-electron chi connectivity index (χ3n) is 5.68. The predicted octanol–water partition coefficient (Wildman–Crippen LogP) is 5.15. The first-order valence-electron chi connectivity index (χ1n) is 8.86. The van der Waals surface area contributed by atoms with Gasteiger partial charge in [0.1, 0.15) is 0 Å². The monoisotopic (exact) mass is 265 g/mol. The molecule has 1 N–H and O–H groups in total. The van der Waals surface area contributed by atoms with Crippen molar-refractivity contribution < 1.29 is 0 Å². The maximum absolute atomic E-state index is 3.94. The van der Waals surface area contributed by atoms with Crippen molar-refractivity contribution in [3.05, 3.63) is 0 Å². The molecule has 0 radical (unpaired) electrons. The molecule has 0 aliphatic heterocycles. The van der Waals surface area contributed by atoms with Gasteiger partial charge in [0.15, 0.2) is 0 Å². The first-order chi connectivity index (χ1) is 9.12. The van der Waals surface area contributed by atoms with Crippen LogP contribution in [0.4, 0.5) is 0 Å². The summed E-state index contributed by atoms with van der Waals surface area (Å²) in [7, 11) is 0. The molecule has 1 nitrogen and oxygen atoms in total. The zero-order valence-electron chi connectivity index (χ0n) is 13.5. The fourth-order valence-electron chi connectivity index (χ4n) is 4.30. The van der Waals surface area contributed by atoms with Gasteiger partial charge in [0.2, 0.25) is 0 Å². The Morgan fingerprint density at radius 2 is 1.53 bits per heavy atom. The van der Waals surface area contributed by atoms with Crippen molar-refractivity contribution in [3.8, 4) is 0 Å². The molecular weight excluding hydrogens is 230 g/mol. The Labute approximate surface area is 120 Å². The van der Waals surface area contributed by atoms with Crippen molar-refractivity contribution >= 4 is 0 Å². The van der Waals surface area contributed by atoms with Crippen LogP contribution in [0.15, 0.2) is 0 Å². The summed E-state index contributed by atoms with van der Waals surface area (Å²) in [5.74, 6) is 1.94. The average Bonchev–Trinajstić information content (AvgIpc) is 2.42. The molecule has 0 bridgehead atoms. The van der Waals surface area contributed by atoms with Crippen LogP contribution in [0.5, 0.6) is 0 Å². The lowest BCUT2D eigenvalue weighted by molar-refractivity contribution is 0.121. The van der Waals surface area contributed by atoms with Crippen LogP contribution in [0.2, 0.25) is 0 Å². The maximum Gasteiger partial charge on any atom is 0.0124 e. The van der Waals surface area contributed by atoms with E-state index in [4.69, 9.17) is 0 Å². The van der Waals surface area contributed by atoms with Crippen LogP contribution in [0.1, 0.15) is 85.0 Å². The Morgan fingerprint density at radius 3 is 2.11 bits per heavy atom. The lowest BCUT2D eigenvalue weighted by Crippen LogP contribution is -2.45. The highest BCUT2D eigenvalue weighted by atomic mass is 14.9. The Balaban J connectivity index is 1.92. The molecule has 0 aromatic rings. The molecule has 112 valence electrons. The Bertz CT molecular complexity index is 242. The second-order valence-corrected chi connectivity index (χ2v) is 7.88. The van der Waals surface area contributed by atoms with Crippen molar-refractivity contribution in [1.82, 2.24) is 5.32 Å². The summed E-state index contributed by atoms with van der Waals surface area (Å²) in [5.41, 5.74) is 0.609. The zero-order chi connectivity index (χ0) is 13.7. The smallest absolute Gasteiger partial charge is 0.0124 e. The van der Waals surface area contributed by atoms with E-state index in [1.54, 1.807) is 0 Å². The topological polar surface area (TPSA) is 12.0 Å². The lowest BCUT2D eigenvalue weighted by Gasteiger charge is -2.42. The largest absolute Gasteiger partial charge is 0.313 e. The standard InChI is InChI=1S/C18H35N/c1-4-14-19-17(15-8-6-5-7-9-15)16-10-12-18(2,3)13-11-16/h15-17,19H,4-14H2,1-3H3. The molecule has 2 aliphatic carbocycles. The van der Waals surface area contributed by atoms with E-state index in [0.29, 0.717) is 5.41 Å². The van der Waals surface area contributed by atoms with Crippen LogP contribution in [-0.2, 0) is 0 Å². The summed E-state index contributed by atoms with van der Waals surface area (Å²) in [4.78, 5) is 0. The van der Waals surface area contributed by atoms with Crippen LogP contribution in [0.3, 0.4) is 0 Å². The Hall–Kier alpha value is -0.0400. The van der Waals surface area contributed by atoms with Crippen molar-refractivity contribution in [3.63, 3.8) is 0 Å². The van der Waals surface area contributed by atoms with E-state index in [0.717, 1.165) is 17.9 Å². The summed E-state index contributed by atoms with van der Waals surface area (Å²) in [6, 6.07) is 0.830. The van der Waals surface area contributed by atoms with Crippen molar-refractivity contribution in [2.75, 3.05) is 6.54 Å². The second kappa shape index (κ2) is 7.11. The van der Waals surface area contributed by atoms with Crippen LogP contribution in [0.25, 0.3) is 0 Å². The normalized spacial score (nSPS) is 27.3. The molecule has 0 saturated heterocycles. The average molecular weight is 265 g/mol. The highest BCUT2D eigenvalue weighted by molar-refractivity contribution is 4.89. The third kappa shape index (κ3) is 4.48. The minimum absolute atomic E-state index is 0.609. The van der Waals surface area contributed by atoms with Gasteiger partial charge in [0, 0.05) is 6.04 Å². The highest BCUT2D eigenvalue weighted by Crippen LogP contribution is 2.42. The summed E-state index contributed by atoms with van der Waals surface area (Å²) >= 11 is 0. The van der Waals surface area contributed by atoms with Crippen LogP contribution >= 0.6 is 0 Å². The first kappa shape index (κ1) is 15.4. The van der Waals surface area contributed by atoms with E-state index in [9.17, 15) is 0 Å². The molecule has 0 amide bonds. The molecule has 2 fully saturated rings. The third-order valence-corrected chi connectivity index (χ3v) is 5.68. The van der Waals surface area contributed by atoms with E-state index in [2.05, 4.69) is 26.1 Å². The highest BCUT2D eigenvalue weighted by Gasteiger charge is 2.35. The lowest BCUT2D eigenvalue weighted by atomic mass is 9.67. The fraction of sp³-hybridized carbons (Fsp3) is 1.00. The van der Waals surface area contributed by atoms with Crippen molar-refractivity contribution in [2.45, 2.75) is 91.0 Å². The van der Waals surface area contributed by atoms with Gasteiger partial charge in [-0.2, -0.15) is 0 Å². The van der Waals surface area contributed by atoms with Crippen molar-refractivity contribution in [1.29, 1.82) is 0 Å². The predicted molar refractivity (Wildman–Crippen MR) is 84.4 cm³/mol. The van der Waals surface area contributed by atoms with Gasteiger partial charge in [-0.05, 0) is 68.7 Å². The van der Waals surface area contributed by atoms with Gasteiger partial charge in [0.05, 0.1) is 0 Å². The molecule has 0 aromatic carbocycles. The Kier molecular flexibility index (Phi) is 5.74. The Morgan fingerprint density at radius 1 is 0.947 bits per heavy atom. The number of rotatable bonds is 5. The van der Waals surface area contributed by atoms with Crippen molar-refractivity contribution in [2.24, 2.45) is 17.3 Å². The minimum atomic E-state index is 0.609. The molecule has 19 heavy (non-hydrogen) atoms. The zero-order valence-corrected chi connectivity index (χ0v) is 13.5. The number of hydrogen-bond donors (Lipinski definition) is 1. The van der Waals surface area contributed by atoms with E-state index in [1.807, 2.05) is 0 Å². The van der Waals surface area contributed by atoms with Crippen LogP contribution in [-0.4, -0.2) is 12.6 Å². The minimum Gasteiger partial charge on any atom is -0.313 e. The quantitative estimate of drug-likeness (QED) is 0.724.